The standard InChI is InChI=1S/C21H29N3OS/c25-20(16-9-10-16)23-17-13-18-7-4-8-19(14-17)24(18)21(26)22-12-11-15-5-2-1-3-6-15/h1-3,5-6,16-19H,4,7-14H2,(H,22,26)(H,23,25)/t18-,19-/m1/s1. The lowest BCUT2D eigenvalue weighted by Crippen LogP contribution is -2.61. The van der Waals surface area contributed by atoms with Crippen LogP contribution in [0.3, 0.4) is 0 Å². The average Bonchev–Trinajstić information content (AvgIpc) is 3.47. The second-order valence-electron chi connectivity index (χ2n) is 8.06. The van der Waals surface area contributed by atoms with Gasteiger partial charge in [0.05, 0.1) is 0 Å². The molecule has 5 heteroatoms. The van der Waals surface area contributed by atoms with Crippen LogP contribution >= 0.6 is 12.2 Å². The molecule has 2 atom stereocenters. The summed E-state index contributed by atoms with van der Waals surface area (Å²) in [7, 11) is 0. The quantitative estimate of drug-likeness (QED) is 0.781. The first-order chi connectivity index (χ1) is 12.7. The Morgan fingerprint density at radius 3 is 2.42 bits per heavy atom. The highest BCUT2D eigenvalue weighted by molar-refractivity contribution is 7.80. The van der Waals surface area contributed by atoms with Gasteiger partial charge in [-0.15, -0.1) is 0 Å². The molecule has 4 rings (SSSR count). The molecule has 3 fully saturated rings. The van der Waals surface area contributed by atoms with Gasteiger partial charge in [-0.2, -0.15) is 0 Å². The Hall–Kier alpha value is -1.62. The molecule has 140 valence electrons. The summed E-state index contributed by atoms with van der Waals surface area (Å²) in [6.45, 7) is 0.876. The van der Waals surface area contributed by atoms with Crippen molar-refractivity contribution in [1.29, 1.82) is 0 Å². The number of carbonyl (C=O) groups excluding carboxylic acids is 1. The minimum Gasteiger partial charge on any atom is -0.362 e. The van der Waals surface area contributed by atoms with Crippen LogP contribution in [0.25, 0.3) is 0 Å². The Kier molecular flexibility index (Phi) is 5.44. The van der Waals surface area contributed by atoms with Gasteiger partial charge < -0.3 is 15.5 Å². The molecule has 2 heterocycles. The lowest BCUT2D eigenvalue weighted by molar-refractivity contribution is -0.123. The summed E-state index contributed by atoms with van der Waals surface area (Å²) in [5, 5.41) is 7.69. The molecule has 3 aliphatic rings. The molecule has 1 amide bonds. The van der Waals surface area contributed by atoms with Gasteiger partial charge in [-0.25, -0.2) is 0 Å². The molecule has 0 radical (unpaired) electrons. The van der Waals surface area contributed by atoms with Gasteiger partial charge in [0.2, 0.25) is 5.91 Å². The average molecular weight is 372 g/mol. The van der Waals surface area contributed by atoms with Crippen LogP contribution in [0.15, 0.2) is 30.3 Å². The maximum atomic E-state index is 12.1. The fourth-order valence-electron chi connectivity index (χ4n) is 4.55. The van der Waals surface area contributed by atoms with Crippen molar-refractivity contribution in [2.45, 2.75) is 69.5 Å². The van der Waals surface area contributed by atoms with E-state index in [1.165, 1.54) is 24.8 Å². The molecule has 0 spiro atoms. The zero-order chi connectivity index (χ0) is 17.9. The number of carbonyl (C=O) groups is 1. The second-order valence-corrected chi connectivity index (χ2v) is 8.45. The van der Waals surface area contributed by atoms with E-state index in [1.54, 1.807) is 0 Å². The fraction of sp³-hybridized carbons (Fsp3) is 0.619. The summed E-state index contributed by atoms with van der Waals surface area (Å²) >= 11 is 5.75. The van der Waals surface area contributed by atoms with Crippen LogP contribution in [0, 0.1) is 5.92 Å². The molecule has 0 unspecified atom stereocenters. The maximum Gasteiger partial charge on any atom is 0.223 e. The zero-order valence-electron chi connectivity index (χ0n) is 15.3. The summed E-state index contributed by atoms with van der Waals surface area (Å²) in [5.41, 5.74) is 1.34. The molecular formula is C21H29N3OS. The minimum absolute atomic E-state index is 0.282. The molecular weight excluding hydrogens is 342 g/mol. The highest BCUT2D eigenvalue weighted by Gasteiger charge is 2.41. The van der Waals surface area contributed by atoms with Crippen LogP contribution in [0.5, 0.6) is 0 Å². The molecule has 0 aromatic heterocycles. The van der Waals surface area contributed by atoms with Gasteiger partial charge in [-0.1, -0.05) is 30.3 Å². The van der Waals surface area contributed by atoms with Crippen molar-refractivity contribution < 1.29 is 4.79 Å². The van der Waals surface area contributed by atoms with Crippen molar-refractivity contribution >= 4 is 23.2 Å². The molecule has 1 aromatic rings. The van der Waals surface area contributed by atoms with E-state index in [4.69, 9.17) is 12.2 Å². The zero-order valence-corrected chi connectivity index (χ0v) is 16.1. The minimum atomic E-state index is 0.282. The summed E-state index contributed by atoms with van der Waals surface area (Å²) in [6.07, 6.45) is 8.87. The number of hydrogen-bond donors (Lipinski definition) is 2. The van der Waals surface area contributed by atoms with Crippen LogP contribution in [0.1, 0.15) is 50.5 Å². The second kappa shape index (κ2) is 7.95. The Bertz CT molecular complexity index is 632. The summed E-state index contributed by atoms with van der Waals surface area (Å²) < 4.78 is 0. The van der Waals surface area contributed by atoms with Crippen molar-refractivity contribution in [2.24, 2.45) is 5.92 Å². The highest BCUT2D eigenvalue weighted by Crippen LogP contribution is 2.35. The van der Waals surface area contributed by atoms with Crippen molar-refractivity contribution in [1.82, 2.24) is 15.5 Å². The molecule has 26 heavy (non-hydrogen) atoms. The first kappa shape index (κ1) is 17.8. The maximum absolute atomic E-state index is 12.1. The van der Waals surface area contributed by atoms with E-state index in [2.05, 4.69) is 45.9 Å². The van der Waals surface area contributed by atoms with Crippen LogP contribution in [-0.4, -0.2) is 40.6 Å². The lowest BCUT2D eigenvalue weighted by atomic mass is 9.82. The normalized spacial score (nSPS) is 27.7. The molecule has 2 aliphatic heterocycles. The highest BCUT2D eigenvalue weighted by atomic mass is 32.1. The van der Waals surface area contributed by atoms with Gasteiger partial charge in [0.25, 0.3) is 0 Å². The number of nitrogens with one attached hydrogen (secondary N) is 2. The number of amides is 1. The van der Waals surface area contributed by atoms with Crippen LogP contribution in [0.4, 0.5) is 0 Å². The van der Waals surface area contributed by atoms with Crippen LogP contribution < -0.4 is 10.6 Å². The number of piperidine rings is 2. The van der Waals surface area contributed by atoms with E-state index in [9.17, 15) is 4.79 Å². The number of rotatable bonds is 5. The summed E-state index contributed by atoms with van der Waals surface area (Å²) in [5.74, 6) is 0.582. The lowest BCUT2D eigenvalue weighted by Gasteiger charge is -2.50. The van der Waals surface area contributed by atoms with Gasteiger partial charge in [0.15, 0.2) is 5.11 Å². The van der Waals surface area contributed by atoms with Crippen molar-refractivity contribution in [3.05, 3.63) is 35.9 Å². The van der Waals surface area contributed by atoms with Gasteiger partial charge >= 0.3 is 0 Å². The predicted octanol–water partition coefficient (Wildman–Crippen LogP) is 3.02. The van der Waals surface area contributed by atoms with Crippen LogP contribution in [0.2, 0.25) is 0 Å². The predicted molar refractivity (Wildman–Crippen MR) is 108 cm³/mol. The third-order valence-corrected chi connectivity index (χ3v) is 6.39. The Balaban J connectivity index is 1.30. The number of nitrogens with zero attached hydrogens (tertiary/aromatic N) is 1. The van der Waals surface area contributed by atoms with E-state index in [1.807, 2.05) is 0 Å². The van der Waals surface area contributed by atoms with E-state index in [0.29, 0.717) is 24.0 Å². The molecule has 2 bridgehead atoms. The Labute approximate surface area is 161 Å². The first-order valence-corrected chi connectivity index (χ1v) is 10.5. The SMILES string of the molecule is O=C(NC1C[C@H]2CCC[C@H](C1)N2C(=S)NCCc1ccccc1)C1CC1. The van der Waals surface area contributed by atoms with Crippen molar-refractivity contribution in [2.75, 3.05) is 6.54 Å². The number of benzene rings is 1. The number of thiocarbonyl (C=S) groups is 1. The molecule has 1 aliphatic carbocycles. The third kappa shape index (κ3) is 4.20. The van der Waals surface area contributed by atoms with Crippen molar-refractivity contribution in [3.63, 3.8) is 0 Å². The first-order valence-electron chi connectivity index (χ1n) is 10.1. The van der Waals surface area contributed by atoms with E-state index in [-0.39, 0.29) is 5.91 Å². The number of hydrogen-bond acceptors (Lipinski definition) is 2. The molecule has 1 saturated carbocycles. The smallest absolute Gasteiger partial charge is 0.223 e. The Morgan fingerprint density at radius 2 is 1.77 bits per heavy atom. The van der Waals surface area contributed by atoms with E-state index < -0.39 is 0 Å². The topological polar surface area (TPSA) is 44.4 Å². The molecule has 2 saturated heterocycles. The van der Waals surface area contributed by atoms with Gasteiger partial charge in [-0.05, 0) is 69.1 Å². The van der Waals surface area contributed by atoms with Gasteiger partial charge in [-0.3, -0.25) is 4.79 Å². The van der Waals surface area contributed by atoms with Gasteiger partial charge in [0, 0.05) is 30.6 Å². The largest absolute Gasteiger partial charge is 0.362 e. The molecule has 2 N–H and O–H groups in total. The molecule has 1 aromatic carbocycles. The monoisotopic (exact) mass is 371 g/mol. The van der Waals surface area contributed by atoms with Crippen LogP contribution in [-0.2, 0) is 11.2 Å². The fourth-order valence-corrected chi connectivity index (χ4v) is 4.95. The van der Waals surface area contributed by atoms with E-state index >= 15 is 0 Å². The third-order valence-electron chi connectivity index (χ3n) is 6.04. The molecule has 4 nitrogen and oxygen atoms in total. The van der Waals surface area contributed by atoms with Gasteiger partial charge in [0.1, 0.15) is 0 Å². The summed E-state index contributed by atoms with van der Waals surface area (Å²) in [6, 6.07) is 11.8. The Morgan fingerprint density at radius 1 is 1.08 bits per heavy atom. The van der Waals surface area contributed by atoms with E-state index in [0.717, 1.165) is 43.8 Å². The summed E-state index contributed by atoms with van der Waals surface area (Å²) in [4.78, 5) is 14.6. The van der Waals surface area contributed by atoms with Crippen molar-refractivity contribution in [3.8, 4) is 0 Å². The number of fused-ring (bicyclic) bond motifs is 2.